The van der Waals surface area contributed by atoms with Gasteiger partial charge in [0.15, 0.2) is 0 Å². The Balaban J connectivity index is 2.89. The van der Waals surface area contributed by atoms with Gasteiger partial charge in [-0.05, 0) is 26.2 Å². The van der Waals surface area contributed by atoms with Crippen LogP contribution in [0.1, 0.15) is 65.4 Å². The summed E-state index contributed by atoms with van der Waals surface area (Å²) in [6.07, 6.45) is 6.92. The van der Waals surface area contributed by atoms with E-state index in [9.17, 15) is 0 Å². The number of nitrogens with one attached hydrogen (secondary N) is 2. The predicted octanol–water partition coefficient (Wildman–Crippen LogP) is 3.94. The van der Waals surface area contributed by atoms with E-state index in [1.807, 2.05) is 0 Å². The van der Waals surface area contributed by atoms with Gasteiger partial charge in [-0.2, -0.15) is 10.2 Å². The normalized spacial score (nSPS) is 13.3. The molecule has 0 fully saturated rings. The molecule has 0 aliphatic heterocycles. The molecule has 0 amide bonds. The highest BCUT2D eigenvalue weighted by molar-refractivity contribution is 5.53. The molecule has 116 valence electrons. The molecule has 0 aliphatic rings. The van der Waals surface area contributed by atoms with E-state index in [1.165, 1.54) is 0 Å². The molecule has 1 aromatic rings. The maximum Gasteiger partial charge on any atom is 0.225 e. The topological polar surface area (TPSA) is 73.6 Å². The second-order valence-electron chi connectivity index (χ2n) is 5.64. The number of nitriles is 1. The molecule has 5 nitrogen and oxygen atoms in total. The van der Waals surface area contributed by atoms with Crippen molar-refractivity contribution in [2.24, 2.45) is 0 Å². The summed E-state index contributed by atoms with van der Waals surface area (Å²) in [6, 6.07) is 2.14. The van der Waals surface area contributed by atoms with E-state index >= 15 is 0 Å². The number of hydrogen-bond acceptors (Lipinski definition) is 5. The third-order valence-corrected chi connectivity index (χ3v) is 3.73. The highest BCUT2D eigenvalue weighted by Crippen LogP contribution is 2.22. The average molecular weight is 289 g/mol. The van der Waals surface area contributed by atoms with Gasteiger partial charge >= 0.3 is 0 Å². The van der Waals surface area contributed by atoms with Crippen LogP contribution in [0.15, 0.2) is 6.20 Å². The Morgan fingerprint density at radius 2 is 2.05 bits per heavy atom. The third-order valence-electron chi connectivity index (χ3n) is 3.73. The quantitative estimate of drug-likeness (QED) is 0.673. The lowest BCUT2D eigenvalue weighted by atomic mass is 9.93. The molecule has 0 radical (unpaired) electrons. The summed E-state index contributed by atoms with van der Waals surface area (Å²) in [5.41, 5.74) is 0.481. The van der Waals surface area contributed by atoms with Gasteiger partial charge in [0.1, 0.15) is 17.5 Å². The van der Waals surface area contributed by atoms with Crippen LogP contribution in [-0.4, -0.2) is 22.1 Å². The van der Waals surface area contributed by atoms with Gasteiger partial charge in [0.2, 0.25) is 5.95 Å². The van der Waals surface area contributed by atoms with Gasteiger partial charge in [0.25, 0.3) is 0 Å². The van der Waals surface area contributed by atoms with Gasteiger partial charge in [0, 0.05) is 12.1 Å². The predicted molar refractivity (Wildman–Crippen MR) is 87.4 cm³/mol. The van der Waals surface area contributed by atoms with Crippen molar-refractivity contribution in [3.8, 4) is 6.07 Å². The fourth-order valence-electron chi connectivity index (χ4n) is 2.19. The Morgan fingerprint density at radius 3 is 2.62 bits per heavy atom. The zero-order valence-electron chi connectivity index (χ0n) is 13.7. The van der Waals surface area contributed by atoms with Crippen LogP contribution in [0.4, 0.5) is 11.8 Å². The van der Waals surface area contributed by atoms with Crippen molar-refractivity contribution < 1.29 is 0 Å². The fraction of sp³-hybridized carbons (Fsp3) is 0.688. The average Bonchev–Trinajstić information content (AvgIpc) is 2.48. The molecule has 21 heavy (non-hydrogen) atoms. The van der Waals surface area contributed by atoms with E-state index in [0.29, 0.717) is 17.3 Å². The molecule has 1 rings (SSSR count). The molecule has 0 saturated carbocycles. The molecule has 5 heteroatoms. The van der Waals surface area contributed by atoms with Crippen molar-refractivity contribution >= 4 is 11.8 Å². The monoisotopic (exact) mass is 289 g/mol. The fourth-order valence-corrected chi connectivity index (χ4v) is 2.19. The van der Waals surface area contributed by atoms with Crippen LogP contribution in [0.2, 0.25) is 0 Å². The minimum atomic E-state index is -0.0103. The second kappa shape index (κ2) is 8.46. The first kappa shape index (κ1) is 17.2. The molecule has 1 unspecified atom stereocenters. The molecule has 0 aliphatic carbocycles. The van der Waals surface area contributed by atoms with E-state index < -0.39 is 0 Å². The largest absolute Gasteiger partial charge is 0.369 e. The van der Waals surface area contributed by atoms with Crippen LogP contribution in [0.25, 0.3) is 0 Å². The zero-order valence-corrected chi connectivity index (χ0v) is 13.7. The van der Waals surface area contributed by atoms with Crippen molar-refractivity contribution in [3.05, 3.63) is 11.8 Å². The van der Waals surface area contributed by atoms with Crippen LogP contribution < -0.4 is 10.6 Å². The Bertz CT molecular complexity index is 480. The molecule has 1 atom stereocenters. The molecule has 0 saturated heterocycles. The first-order valence-corrected chi connectivity index (χ1v) is 7.87. The molecule has 0 spiro atoms. The standard InChI is InChI=1S/C16H27N5/c1-5-8-10-18-14-13(11-17)12-19-15(20-14)21-16(4,7-3)9-6-2/h12H,5-10H2,1-4H3,(H2,18,19,20,21). The minimum absolute atomic E-state index is 0.0103. The number of aromatic nitrogens is 2. The van der Waals surface area contributed by atoms with E-state index in [4.69, 9.17) is 5.26 Å². The van der Waals surface area contributed by atoms with Gasteiger partial charge in [0.05, 0.1) is 6.20 Å². The molecular formula is C16H27N5. The highest BCUT2D eigenvalue weighted by atomic mass is 15.2. The summed E-state index contributed by atoms with van der Waals surface area (Å²) in [6.45, 7) is 9.47. The Labute approximate surface area is 128 Å². The number of nitrogens with zero attached hydrogens (tertiary/aromatic N) is 3. The van der Waals surface area contributed by atoms with Crippen LogP contribution in [0, 0.1) is 11.3 Å². The lowest BCUT2D eigenvalue weighted by molar-refractivity contribution is 0.448. The molecule has 1 aromatic heterocycles. The smallest absolute Gasteiger partial charge is 0.225 e. The number of rotatable bonds is 9. The first-order valence-electron chi connectivity index (χ1n) is 7.87. The number of unbranched alkanes of at least 4 members (excludes halogenated alkanes) is 1. The summed E-state index contributed by atoms with van der Waals surface area (Å²) in [7, 11) is 0. The van der Waals surface area contributed by atoms with Gasteiger partial charge in [-0.15, -0.1) is 0 Å². The lowest BCUT2D eigenvalue weighted by Gasteiger charge is -2.29. The SMILES string of the molecule is CCCCNc1nc(NC(C)(CC)CCC)ncc1C#N. The summed E-state index contributed by atoms with van der Waals surface area (Å²) < 4.78 is 0. The van der Waals surface area contributed by atoms with Crippen molar-refractivity contribution in [1.29, 1.82) is 5.26 Å². The maximum absolute atomic E-state index is 9.14. The van der Waals surface area contributed by atoms with E-state index in [2.05, 4.69) is 54.4 Å². The number of hydrogen-bond donors (Lipinski definition) is 2. The zero-order chi connectivity index (χ0) is 15.7. The van der Waals surface area contributed by atoms with E-state index in [0.717, 1.165) is 38.6 Å². The van der Waals surface area contributed by atoms with Crippen molar-refractivity contribution in [2.75, 3.05) is 17.2 Å². The summed E-state index contributed by atoms with van der Waals surface area (Å²) >= 11 is 0. The van der Waals surface area contributed by atoms with Gasteiger partial charge in [-0.3, -0.25) is 0 Å². The molecule has 0 aromatic carbocycles. The third kappa shape index (κ3) is 5.22. The van der Waals surface area contributed by atoms with E-state index in [1.54, 1.807) is 6.20 Å². The maximum atomic E-state index is 9.14. The molecule has 0 bridgehead atoms. The first-order chi connectivity index (χ1) is 10.1. The van der Waals surface area contributed by atoms with Gasteiger partial charge in [-0.25, -0.2) is 4.98 Å². The van der Waals surface area contributed by atoms with Crippen molar-refractivity contribution in [2.45, 2.75) is 65.3 Å². The Morgan fingerprint density at radius 1 is 1.29 bits per heavy atom. The highest BCUT2D eigenvalue weighted by Gasteiger charge is 2.22. The van der Waals surface area contributed by atoms with Crippen LogP contribution >= 0.6 is 0 Å². The van der Waals surface area contributed by atoms with E-state index in [-0.39, 0.29) is 5.54 Å². The molecule has 2 N–H and O–H groups in total. The van der Waals surface area contributed by atoms with Crippen LogP contribution in [0.3, 0.4) is 0 Å². The summed E-state index contributed by atoms with van der Waals surface area (Å²) in [5.74, 6) is 1.21. The second-order valence-corrected chi connectivity index (χ2v) is 5.64. The molecular weight excluding hydrogens is 262 g/mol. The van der Waals surface area contributed by atoms with Gasteiger partial charge in [-0.1, -0.05) is 33.6 Å². The van der Waals surface area contributed by atoms with Crippen LogP contribution in [-0.2, 0) is 0 Å². The minimum Gasteiger partial charge on any atom is -0.369 e. The van der Waals surface area contributed by atoms with Crippen molar-refractivity contribution in [1.82, 2.24) is 9.97 Å². The number of anilines is 2. The molecule has 1 heterocycles. The van der Waals surface area contributed by atoms with Crippen molar-refractivity contribution in [3.63, 3.8) is 0 Å². The Hall–Kier alpha value is -1.83. The summed E-state index contributed by atoms with van der Waals surface area (Å²) in [5, 5.41) is 15.8. The lowest BCUT2D eigenvalue weighted by Crippen LogP contribution is -2.34. The van der Waals surface area contributed by atoms with Crippen LogP contribution in [0.5, 0.6) is 0 Å². The van der Waals surface area contributed by atoms with Gasteiger partial charge < -0.3 is 10.6 Å². The Kier molecular flexibility index (Phi) is 6.93. The summed E-state index contributed by atoms with van der Waals surface area (Å²) in [4.78, 5) is 8.74.